The maximum Gasteiger partial charge on any atom is 0.253 e. The minimum absolute atomic E-state index is 0.155. The van der Waals surface area contributed by atoms with Gasteiger partial charge in [-0.3, -0.25) is 9.59 Å². The van der Waals surface area contributed by atoms with Gasteiger partial charge in [-0.1, -0.05) is 41.9 Å². The van der Waals surface area contributed by atoms with Crippen molar-refractivity contribution in [3.63, 3.8) is 0 Å². The number of amides is 1. The fraction of sp³-hybridized carbons (Fsp3) is 0.192. The molecule has 3 heterocycles. The van der Waals surface area contributed by atoms with Gasteiger partial charge in [0.05, 0.1) is 17.1 Å². The summed E-state index contributed by atoms with van der Waals surface area (Å²) < 4.78 is 0. The number of H-pyrrole nitrogens is 1. The Balaban J connectivity index is 1.48. The van der Waals surface area contributed by atoms with Gasteiger partial charge in [-0.2, -0.15) is 0 Å². The zero-order valence-corrected chi connectivity index (χ0v) is 18.7. The zero-order chi connectivity index (χ0) is 22.8. The normalized spacial score (nSPS) is 14.4. The lowest BCUT2D eigenvalue weighted by Crippen LogP contribution is -2.32. The standard InChI is InChI=1S/C26H23ClN4O2/c27-19-9-10-20-22(14-19)28-16-21(25(20)32)24(17-6-2-1-3-7-17)30-26(33)18-8-11-23(29-15-18)31-12-4-5-13-31/h1-3,6-11,14-16,24H,4-5,12-13H2,(H,28,32)(H,30,33). The molecule has 33 heavy (non-hydrogen) atoms. The molecule has 0 saturated carbocycles. The molecule has 1 aliphatic rings. The third-order valence-electron chi connectivity index (χ3n) is 6.03. The summed E-state index contributed by atoms with van der Waals surface area (Å²) >= 11 is 6.07. The van der Waals surface area contributed by atoms with Crippen LogP contribution in [0.25, 0.3) is 10.9 Å². The number of hydrogen-bond donors (Lipinski definition) is 2. The molecular formula is C26H23ClN4O2. The summed E-state index contributed by atoms with van der Waals surface area (Å²) in [4.78, 5) is 36.3. The average molecular weight is 459 g/mol. The van der Waals surface area contributed by atoms with Gasteiger partial charge in [-0.05, 0) is 48.7 Å². The van der Waals surface area contributed by atoms with Crippen LogP contribution in [0.3, 0.4) is 0 Å². The molecular weight excluding hydrogens is 436 g/mol. The van der Waals surface area contributed by atoms with Crippen LogP contribution in [0.4, 0.5) is 5.82 Å². The highest BCUT2D eigenvalue weighted by atomic mass is 35.5. The van der Waals surface area contributed by atoms with Crippen LogP contribution in [0.15, 0.2) is 77.9 Å². The molecule has 0 bridgehead atoms. The number of nitrogens with one attached hydrogen (secondary N) is 2. The van der Waals surface area contributed by atoms with Crippen molar-refractivity contribution < 1.29 is 4.79 Å². The van der Waals surface area contributed by atoms with E-state index in [0.29, 0.717) is 27.1 Å². The molecule has 2 aromatic heterocycles. The lowest BCUT2D eigenvalue weighted by molar-refractivity contribution is 0.0942. The lowest BCUT2D eigenvalue weighted by atomic mass is 9.98. The quantitative estimate of drug-likeness (QED) is 0.454. The molecule has 2 N–H and O–H groups in total. The van der Waals surface area contributed by atoms with Gasteiger partial charge in [0.25, 0.3) is 5.91 Å². The van der Waals surface area contributed by atoms with Crippen molar-refractivity contribution >= 4 is 34.2 Å². The number of aromatic amines is 1. The SMILES string of the molecule is O=C(NC(c1ccccc1)c1c[nH]c2cc(Cl)ccc2c1=O)c1ccc(N2CCCC2)nc1. The predicted molar refractivity (Wildman–Crippen MR) is 131 cm³/mol. The first-order chi connectivity index (χ1) is 16.1. The third-order valence-corrected chi connectivity index (χ3v) is 6.27. The smallest absolute Gasteiger partial charge is 0.253 e. The predicted octanol–water partition coefficient (Wildman–Crippen LogP) is 4.70. The Morgan fingerprint density at radius 2 is 1.85 bits per heavy atom. The van der Waals surface area contributed by atoms with E-state index in [9.17, 15) is 9.59 Å². The topological polar surface area (TPSA) is 78.1 Å². The van der Waals surface area contributed by atoms with Crippen molar-refractivity contribution in [2.75, 3.05) is 18.0 Å². The number of rotatable bonds is 5. The molecule has 5 rings (SSSR count). The second-order valence-corrected chi connectivity index (χ2v) is 8.62. The molecule has 4 aromatic rings. The average Bonchev–Trinajstić information content (AvgIpc) is 3.39. The number of anilines is 1. The zero-order valence-electron chi connectivity index (χ0n) is 17.9. The summed E-state index contributed by atoms with van der Waals surface area (Å²) in [6, 6.07) is 17.6. The number of benzene rings is 2. The maximum atomic E-state index is 13.3. The monoisotopic (exact) mass is 458 g/mol. The van der Waals surface area contributed by atoms with Crippen molar-refractivity contribution in [3.8, 4) is 0 Å². The number of aromatic nitrogens is 2. The highest BCUT2D eigenvalue weighted by Crippen LogP contribution is 2.23. The number of carbonyl (C=O) groups excluding carboxylic acids is 1. The van der Waals surface area contributed by atoms with Crippen LogP contribution in [-0.4, -0.2) is 29.0 Å². The third kappa shape index (κ3) is 4.34. The van der Waals surface area contributed by atoms with Gasteiger partial charge in [-0.15, -0.1) is 0 Å². The summed E-state index contributed by atoms with van der Waals surface area (Å²) in [5.41, 5.74) is 2.20. The number of pyridine rings is 2. The Bertz CT molecular complexity index is 1350. The van der Waals surface area contributed by atoms with Crippen LogP contribution in [0.2, 0.25) is 5.02 Å². The number of carbonyl (C=O) groups is 1. The lowest BCUT2D eigenvalue weighted by Gasteiger charge is -2.20. The van der Waals surface area contributed by atoms with E-state index in [-0.39, 0.29) is 11.3 Å². The molecule has 1 aliphatic heterocycles. The van der Waals surface area contributed by atoms with E-state index >= 15 is 0 Å². The highest BCUT2D eigenvalue weighted by molar-refractivity contribution is 6.31. The first-order valence-electron chi connectivity index (χ1n) is 11.0. The van der Waals surface area contributed by atoms with E-state index in [1.54, 1.807) is 36.7 Å². The summed E-state index contributed by atoms with van der Waals surface area (Å²) in [6.07, 6.45) is 5.57. The van der Waals surface area contributed by atoms with Crippen molar-refractivity contribution in [1.82, 2.24) is 15.3 Å². The Labute approximate surface area is 196 Å². The van der Waals surface area contributed by atoms with E-state index in [4.69, 9.17) is 11.6 Å². The van der Waals surface area contributed by atoms with Gasteiger partial charge in [-0.25, -0.2) is 4.98 Å². The number of fused-ring (bicyclic) bond motifs is 1. The summed E-state index contributed by atoms with van der Waals surface area (Å²) in [6.45, 7) is 1.98. The van der Waals surface area contributed by atoms with Crippen LogP contribution in [-0.2, 0) is 0 Å². The van der Waals surface area contributed by atoms with Gasteiger partial charge >= 0.3 is 0 Å². The van der Waals surface area contributed by atoms with E-state index in [0.717, 1.165) is 37.3 Å². The van der Waals surface area contributed by atoms with Crippen LogP contribution < -0.4 is 15.6 Å². The number of hydrogen-bond acceptors (Lipinski definition) is 4. The van der Waals surface area contributed by atoms with Crippen LogP contribution in [0.5, 0.6) is 0 Å². The largest absolute Gasteiger partial charge is 0.361 e. The van der Waals surface area contributed by atoms with E-state index in [2.05, 4.69) is 20.2 Å². The molecule has 0 radical (unpaired) electrons. The maximum absolute atomic E-state index is 13.3. The fourth-order valence-electron chi connectivity index (χ4n) is 4.28. The fourth-order valence-corrected chi connectivity index (χ4v) is 4.45. The molecule has 1 fully saturated rings. The Kier molecular flexibility index (Phi) is 5.84. The Morgan fingerprint density at radius 1 is 1.06 bits per heavy atom. The molecule has 6 nitrogen and oxygen atoms in total. The molecule has 2 aromatic carbocycles. The molecule has 0 spiro atoms. The van der Waals surface area contributed by atoms with Gasteiger partial charge in [0, 0.05) is 41.5 Å². The molecule has 1 unspecified atom stereocenters. The summed E-state index contributed by atoms with van der Waals surface area (Å²) in [5, 5.41) is 4.10. The van der Waals surface area contributed by atoms with Gasteiger partial charge in [0.15, 0.2) is 5.43 Å². The van der Waals surface area contributed by atoms with Gasteiger partial charge in [0.2, 0.25) is 0 Å². The Morgan fingerprint density at radius 3 is 2.58 bits per heavy atom. The first-order valence-corrected chi connectivity index (χ1v) is 11.4. The van der Waals surface area contributed by atoms with Crippen molar-refractivity contribution in [2.24, 2.45) is 0 Å². The second-order valence-electron chi connectivity index (χ2n) is 8.18. The molecule has 1 saturated heterocycles. The Hall–Kier alpha value is -3.64. The van der Waals surface area contributed by atoms with E-state index < -0.39 is 6.04 Å². The second kappa shape index (κ2) is 9.08. The minimum Gasteiger partial charge on any atom is -0.361 e. The molecule has 166 valence electrons. The molecule has 1 atom stereocenters. The van der Waals surface area contributed by atoms with E-state index in [1.165, 1.54) is 0 Å². The first kappa shape index (κ1) is 21.2. The van der Waals surface area contributed by atoms with Crippen LogP contribution in [0, 0.1) is 0 Å². The number of nitrogens with zero attached hydrogens (tertiary/aromatic N) is 2. The molecule has 1 amide bonds. The summed E-state index contributed by atoms with van der Waals surface area (Å²) in [5.74, 6) is 0.591. The number of halogens is 1. The molecule has 7 heteroatoms. The highest BCUT2D eigenvalue weighted by Gasteiger charge is 2.22. The van der Waals surface area contributed by atoms with Crippen LogP contribution in [0.1, 0.15) is 40.4 Å². The summed E-state index contributed by atoms with van der Waals surface area (Å²) in [7, 11) is 0. The van der Waals surface area contributed by atoms with Gasteiger partial charge < -0.3 is 15.2 Å². The minimum atomic E-state index is -0.624. The molecule has 0 aliphatic carbocycles. The van der Waals surface area contributed by atoms with Crippen molar-refractivity contribution in [2.45, 2.75) is 18.9 Å². The van der Waals surface area contributed by atoms with E-state index in [1.807, 2.05) is 36.4 Å². The van der Waals surface area contributed by atoms with Crippen molar-refractivity contribution in [1.29, 1.82) is 0 Å². The van der Waals surface area contributed by atoms with Gasteiger partial charge in [0.1, 0.15) is 5.82 Å². The van der Waals surface area contributed by atoms with Crippen LogP contribution >= 0.6 is 11.6 Å². The van der Waals surface area contributed by atoms with Crippen molar-refractivity contribution in [3.05, 3.63) is 105 Å².